The van der Waals surface area contributed by atoms with E-state index < -0.39 is 5.95 Å². The van der Waals surface area contributed by atoms with Crippen molar-refractivity contribution < 1.29 is 9.18 Å². The summed E-state index contributed by atoms with van der Waals surface area (Å²) in [6.07, 6.45) is 0.479. The normalized spacial score (nSPS) is 10.4. The van der Waals surface area contributed by atoms with Gasteiger partial charge in [0.05, 0.1) is 0 Å². The minimum absolute atomic E-state index is 0.0138. The summed E-state index contributed by atoms with van der Waals surface area (Å²) in [7, 11) is 0. The Balaban J connectivity index is 2.82. The van der Waals surface area contributed by atoms with Crippen LogP contribution in [0.15, 0.2) is 18.2 Å². The Hall–Kier alpha value is -1.78. The second kappa shape index (κ2) is 2.37. The minimum Gasteiger partial charge on any atom is -0.294 e. The fourth-order valence-electron chi connectivity index (χ4n) is 0.940. The van der Waals surface area contributed by atoms with Gasteiger partial charge in [-0.15, -0.1) is 5.10 Å². The van der Waals surface area contributed by atoms with E-state index in [4.69, 9.17) is 0 Å². The monoisotopic (exact) mass is 165 g/mol. The Kier molecular flexibility index (Phi) is 1.36. The first-order valence-corrected chi connectivity index (χ1v) is 3.28. The highest BCUT2D eigenvalue weighted by atomic mass is 19.1. The van der Waals surface area contributed by atoms with Crippen molar-refractivity contribution in [1.82, 2.24) is 14.6 Å². The van der Waals surface area contributed by atoms with Crippen LogP contribution >= 0.6 is 0 Å². The maximum atomic E-state index is 12.9. The van der Waals surface area contributed by atoms with Gasteiger partial charge in [-0.3, -0.25) is 4.79 Å². The molecular weight excluding hydrogens is 161 g/mol. The summed E-state index contributed by atoms with van der Waals surface area (Å²) in [6, 6.07) is 4.33. The molecular formula is C7H4FN3O. The highest BCUT2D eigenvalue weighted by Gasteiger charge is 2.04. The van der Waals surface area contributed by atoms with Gasteiger partial charge in [0.15, 0.2) is 11.9 Å². The molecule has 0 N–H and O–H groups in total. The smallest absolute Gasteiger partial charge is 0.216 e. The van der Waals surface area contributed by atoms with Gasteiger partial charge in [-0.1, -0.05) is 6.07 Å². The molecule has 0 fully saturated rings. The van der Waals surface area contributed by atoms with Crippen molar-refractivity contribution in [2.45, 2.75) is 0 Å². The number of carbonyl (C=O) groups is 1. The third-order valence-corrected chi connectivity index (χ3v) is 1.44. The molecule has 0 saturated heterocycles. The molecule has 0 aliphatic heterocycles. The molecule has 2 aromatic rings. The molecule has 5 heteroatoms. The summed E-state index contributed by atoms with van der Waals surface area (Å²) in [5, 5.41) is 3.59. The SMILES string of the molecule is O=Cc1nc2cccc(F)n2n1. The highest BCUT2D eigenvalue weighted by molar-refractivity contribution is 5.69. The van der Waals surface area contributed by atoms with Crippen LogP contribution in [0.3, 0.4) is 0 Å². The standard InChI is InChI=1S/C7H4FN3O/c8-5-2-1-3-7-9-6(4-12)10-11(5)7/h1-4H. The van der Waals surface area contributed by atoms with E-state index in [1.54, 1.807) is 6.07 Å². The van der Waals surface area contributed by atoms with E-state index in [-0.39, 0.29) is 5.82 Å². The number of halogens is 1. The lowest BCUT2D eigenvalue weighted by molar-refractivity contribution is 0.111. The Morgan fingerprint density at radius 3 is 3.00 bits per heavy atom. The maximum absolute atomic E-state index is 12.9. The molecule has 0 aliphatic carbocycles. The molecule has 60 valence electrons. The van der Waals surface area contributed by atoms with Gasteiger partial charge in [-0.2, -0.15) is 8.91 Å². The fraction of sp³-hybridized carbons (Fsp3) is 0. The molecule has 0 radical (unpaired) electrons. The van der Waals surface area contributed by atoms with E-state index in [1.165, 1.54) is 12.1 Å². The molecule has 0 aliphatic rings. The Labute approximate surface area is 66.6 Å². The fourth-order valence-corrected chi connectivity index (χ4v) is 0.940. The summed E-state index contributed by atoms with van der Waals surface area (Å²) in [5.41, 5.74) is 0.331. The van der Waals surface area contributed by atoms with Crippen LogP contribution in [0.5, 0.6) is 0 Å². The molecule has 12 heavy (non-hydrogen) atoms. The van der Waals surface area contributed by atoms with Crippen LogP contribution < -0.4 is 0 Å². The number of rotatable bonds is 1. The second-order valence-electron chi connectivity index (χ2n) is 2.21. The van der Waals surface area contributed by atoms with Crippen molar-refractivity contribution in [3.05, 3.63) is 30.0 Å². The topological polar surface area (TPSA) is 47.3 Å². The molecule has 0 atom stereocenters. The molecule has 2 heterocycles. The van der Waals surface area contributed by atoms with Gasteiger partial charge < -0.3 is 0 Å². The average Bonchev–Trinajstić information content (AvgIpc) is 2.49. The molecule has 0 amide bonds. The number of fused-ring (bicyclic) bond motifs is 1. The van der Waals surface area contributed by atoms with Crippen LogP contribution in [0.2, 0.25) is 0 Å². The van der Waals surface area contributed by atoms with E-state index >= 15 is 0 Å². The molecule has 0 bridgehead atoms. The van der Waals surface area contributed by atoms with Crippen molar-refractivity contribution in [2.75, 3.05) is 0 Å². The molecule has 0 aromatic carbocycles. The van der Waals surface area contributed by atoms with Crippen LogP contribution in [0.25, 0.3) is 5.65 Å². The number of carbonyl (C=O) groups excluding carboxylic acids is 1. The molecule has 0 spiro atoms. The molecule has 0 saturated carbocycles. The lowest BCUT2D eigenvalue weighted by atomic mass is 10.5. The summed E-state index contributed by atoms with van der Waals surface area (Å²) in [4.78, 5) is 14.0. The van der Waals surface area contributed by atoms with E-state index in [0.29, 0.717) is 11.9 Å². The van der Waals surface area contributed by atoms with Crippen LogP contribution in [0.1, 0.15) is 10.6 Å². The first-order chi connectivity index (χ1) is 5.81. The Bertz CT molecular complexity index is 437. The van der Waals surface area contributed by atoms with Crippen LogP contribution in [-0.2, 0) is 0 Å². The van der Waals surface area contributed by atoms with Crippen LogP contribution in [0, 0.1) is 5.95 Å². The van der Waals surface area contributed by atoms with Crippen molar-refractivity contribution >= 4 is 11.9 Å². The van der Waals surface area contributed by atoms with Gasteiger partial charge in [-0.25, -0.2) is 4.98 Å². The number of hydrogen-bond acceptors (Lipinski definition) is 3. The van der Waals surface area contributed by atoms with Crippen molar-refractivity contribution in [1.29, 1.82) is 0 Å². The zero-order valence-electron chi connectivity index (χ0n) is 5.94. The Morgan fingerprint density at radius 1 is 1.50 bits per heavy atom. The summed E-state index contributed by atoms with van der Waals surface area (Å²) in [6.45, 7) is 0. The third-order valence-electron chi connectivity index (χ3n) is 1.44. The zero-order chi connectivity index (χ0) is 8.55. The average molecular weight is 165 g/mol. The third kappa shape index (κ3) is 0.868. The minimum atomic E-state index is -0.534. The number of aromatic nitrogens is 3. The summed E-state index contributed by atoms with van der Waals surface area (Å²) < 4.78 is 13.9. The molecule has 2 rings (SSSR count). The summed E-state index contributed by atoms with van der Waals surface area (Å²) >= 11 is 0. The zero-order valence-corrected chi connectivity index (χ0v) is 5.94. The van der Waals surface area contributed by atoms with Gasteiger partial charge in [0.1, 0.15) is 0 Å². The maximum Gasteiger partial charge on any atom is 0.216 e. The predicted molar refractivity (Wildman–Crippen MR) is 38.3 cm³/mol. The van der Waals surface area contributed by atoms with E-state index in [2.05, 4.69) is 10.1 Å². The van der Waals surface area contributed by atoms with Gasteiger partial charge in [-0.05, 0) is 12.1 Å². The number of nitrogens with zero attached hydrogens (tertiary/aromatic N) is 3. The largest absolute Gasteiger partial charge is 0.294 e. The summed E-state index contributed by atoms with van der Waals surface area (Å²) in [5.74, 6) is -0.548. The first kappa shape index (κ1) is 6.90. The molecule has 2 aromatic heterocycles. The van der Waals surface area contributed by atoms with E-state index in [0.717, 1.165) is 4.52 Å². The Morgan fingerprint density at radius 2 is 2.33 bits per heavy atom. The number of pyridine rings is 1. The highest BCUT2D eigenvalue weighted by Crippen LogP contribution is 2.02. The predicted octanol–water partition coefficient (Wildman–Crippen LogP) is 0.681. The van der Waals surface area contributed by atoms with Gasteiger partial charge >= 0.3 is 0 Å². The van der Waals surface area contributed by atoms with E-state index in [1.807, 2.05) is 0 Å². The van der Waals surface area contributed by atoms with Crippen molar-refractivity contribution in [3.8, 4) is 0 Å². The van der Waals surface area contributed by atoms with E-state index in [9.17, 15) is 9.18 Å². The number of hydrogen-bond donors (Lipinski definition) is 0. The van der Waals surface area contributed by atoms with Gasteiger partial charge in [0, 0.05) is 0 Å². The quantitative estimate of drug-likeness (QED) is 0.461. The van der Waals surface area contributed by atoms with Crippen molar-refractivity contribution in [2.24, 2.45) is 0 Å². The first-order valence-electron chi connectivity index (χ1n) is 3.28. The van der Waals surface area contributed by atoms with Gasteiger partial charge in [0.25, 0.3) is 0 Å². The van der Waals surface area contributed by atoms with Crippen LogP contribution in [-0.4, -0.2) is 20.9 Å². The lowest BCUT2D eigenvalue weighted by Gasteiger charge is -1.89. The molecule has 4 nitrogen and oxygen atoms in total. The molecule has 0 unspecified atom stereocenters. The van der Waals surface area contributed by atoms with Crippen molar-refractivity contribution in [3.63, 3.8) is 0 Å². The number of aldehydes is 1. The van der Waals surface area contributed by atoms with Crippen LogP contribution in [0.4, 0.5) is 4.39 Å². The lowest BCUT2D eigenvalue weighted by Crippen LogP contribution is -1.93. The van der Waals surface area contributed by atoms with Gasteiger partial charge in [0.2, 0.25) is 11.8 Å². The second-order valence-corrected chi connectivity index (χ2v) is 2.21.